The first-order valence-electron chi connectivity index (χ1n) is 6.01. The Labute approximate surface area is 107 Å². The minimum Gasteiger partial charge on any atom is -0.480 e. The first-order valence-corrected chi connectivity index (χ1v) is 6.01. The molecule has 4 nitrogen and oxygen atoms in total. The lowest BCUT2D eigenvalue weighted by Crippen LogP contribution is -2.45. The molecule has 0 spiro atoms. The minimum absolute atomic E-state index is 0.144. The summed E-state index contributed by atoms with van der Waals surface area (Å²) in [4.78, 5) is 23.0. The third-order valence-electron chi connectivity index (χ3n) is 2.92. The normalized spacial score (nSPS) is 14.0. The summed E-state index contributed by atoms with van der Waals surface area (Å²) in [6.45, 7) is 5.31. The molecule has 2 N–H and O–H groups in total. The van der Waals surface area contributed by atoms with E-state index in [4.69, 9.17) is 5.11 Å². The van der Waals surface area contributed by atoms with Gasteiger partial charge in [-0.2, -0.15) is 0 Å². The molecule has 1 amide bonds. The molecular weight excluding hydrogens is 230 g/mol. The van der Waals surface area contributed by atoms with Gasteiger partial charge in [0.1, 0.15) is 6.04 Å². The van der Waals surface area contributed by atoms with Crippen molar-refractivity contribution in [3.05, 3.63) is 35.9 Å². The summed E-state index contributed by atoms with van der Waals surface area (Å²) >= 11 is 0. The quantitative estimate of drug-likeness (QED) is 0.839. The van der Waals surface area contributed by atoms with Crippen LogP contribution in [0, 0.1) is 5.92 Å². The van der Waals surface area contributed by atoms with E-state index < -0.39 is 12.0 Å². The highest BCUT2D eigenvalue weighted by Gasteiger charge is 2.26. The van der Waals surface area contributed by atoms with Crippen LogP contribution in [0.1, 0.15) is 32.3 Å². The molecule has 0 radical (unpaired) electrons. The molecule has 0 bridgehead atoms. The summed E-state index contributed by atoms with van der Waals surface area (Å²) < 4.78 is 0. The van der Waals surface area contributed by atoms with E-state index in [0.717, 1.165) is 5.56 Å². The second-order valence-electron chi connectivity index (χ2n) is 4.70. The first-order chi connectivity index (χ1) is 8.43. The van der Waals surface area contributed by atoms with Crippen LogP contribution in [-0.2, 0) is 9.59 Å². The van der Waals surface area contributed by atoms with Crippen molar-refractivity contribution in [2.24, 2.45) is 5.92 Å². The zero-order valence-corrected chi connectivity index (χ0v) is 10.9. The Morgan fingerprint density at radius 2 is 1.67 bits per heavy atom. The Kier molecular flexibility index (Phi) is 4.89. The summed E-state index contributed by atoms with van der Waals surface area (Å²) in [5, 5.41) is 11.6. The van der Waals surface area contributed by atoms with Crippen molar-refractivity contribution >= 4 is 11.9 Å². The van der Waals surface area contributed by atoms with Crippen LogP contribution in [0.15, 0.2) is 30.3 Å². The van der Waals surface area contributed by atoms with Crippen molar-refractivity contribution in [3.8, 4) is 0 Å². The number of hydrogen-bond acceptors (Lipinski definition) is 2. The van der Waals surface area contributed by atoms with Gasteiger partial charge in [0.25, 0.3) is 0 Å². The molecule has 0 heterocycles. The third-order valence-corrected chi connectivity index (χ3v) is 2.92. The van der Waals surface area contributed by atoms with E-state index in [0.29, 0.717) is 0 Å². The van der Waals surface area contributed by atoms with Crippen LogP contribution in [0.5, 0.6) is 0 Å². The zero-order chi connectivity index (χ0) is 13.7. The molecule has 0 aliphatic heterocycles. The highest BCUT2D eigenvalue weighted by atomic mass is 16.4. The van der Waals surface area contributed by atoms with Crippen molar-refractivity contribution in [1.82, 2.24) is 5.32 Å². The van der Waals surface area contributed by atoms with Gasteiger partial charge < -0.3 is 10.4 Å². The van der Waals surface area contributed by atoms with Crippen LogP contribution >= 0.6 is 0 Å². The van der Waals surface area contributed by atoms with Gasteiger partial charge in [0.15, 0.2) is 0 Å². The van der Waals surface area contributed by atoms with E-state index in [2.05, 4.69) is 5.32 Å². The van der Waals surface area contributed by atoms with Crippen molar-refractivity contribution in [2.45, 2.75) is 32.7 Å². The smallest absolute Gasteiger partial charge is 0.326 e. The molecule has 4 heteroatoms. The van der Waals surface area contributed by atoms with Crippen LogP contribution in [0.4, 0.5) is 0 Å². The van der Waals surface area contributed by atoms with E-state index in [1.807, 2.05) is 30.3 Å². The van der Waals surface area contributed by atoms with Crippen molar-refractivity contribution < 1.29 is 14.7 Å². The van der Waals surface area contributed by atoms with Gasteiger partial charge in [-0.05, 0) is 18.4 Å². The minimum atomic E-state index is -1.00. The largest absolute Gasteiger partial charge is 0.480 e. The second-order valence-corrected chi connectivity index (χ2v) is 4.70. The standard InChI is InChI=1S/C14H19NO3/c1-9(2)12(14(17)18)15-13(16)10(3)11-7-5-4-6-8-11/h4-10,12H,1-3H3,(H,15,16)(H,17,18)/t10-,12?/m1/s1. The predicted octanol–water partition coefficient (Wildman–Crippen LogP) is 2.02. The van der Waals surface area contributed by atoms with E-state index in [1.54, 1.807) is 20.8 Å². The molecule has 98 valence electrons. The van der Waals surface area contributed by atoms with Crippen LogP contribution in [-0.4, -0.2) is 23.0 Å². The molecule has 18 heavy (non-hydrogen) atoms. The lowest BCUT2D eigenvalue weighted by molar-refractivity contribution is -0.143. The van der Waals surface area contributed by atoms with E-state index in [9.17, 15) is 9.59 Å². The van der Waals surface area contributed by atoms with Crippen molar-refractivity contribution in [2.75, 3.05) is 0 Å². The Balaban J connectivity index is 2.73. The molecule has 0 saturated heterocycles. The number of benzene rings is 1. The average Bonchev–Trinajstić information content (AvgIpc) is 2.35. The SMILES string of the molecule is CC(C)C(NC(=O)[C@H](C)c1ccccc1)C(=O)O. The maximum atomic E-state index is 12.0. The molecule has 1 aromatic carbocycles. The Morgan fingerprint density at radius 1 is 1.11 bits per heavy atom. The topological polar surface area (TPSA) is 66.4 Å². The van der Waals surface area contributed by atoms with Gasteiger partial charge in [0, 0.05) is 0 Å². The van der Waals surface area contributed by atoms with E-state index >= 15 is 0 Å². The Hall–Kier alpha value is -1.84. The summed E-state index contributed by atoms with van der Waals surface area (Å²) in [7, 11) is 0. The third kappa shape index (κ3) is 3.58. The number of hydrogen-bond donors (Lipinski definition) is 2. The fraction of sp³-hybridized carbons (Fsp3) is 0.429. The highest BCUT2D eigenvalue weighted by molar-refractivity contribution is 5.87. The molecule has 0 saturated carbocycles. The fourth-order valence-electron chi connectivity index (χ4n) is 1.68. The van der Waals surface area contributed by atoms with Gasteiger partial charge in [-0.25, -0.2) is 4.79 Å². The van der Waals surface area contributed by atoms with Gasteiger partial charge in [-0.15, -0.1) is 0 Å². The van der Waals surface area contributed by atoms with Gasteiger partial charge in [0.05, 0.1) is 5.92 Å². The average molecular weight is 249 g/mol. The first kappa shape index (κ1) is 14.2. The van der Waals surface area contributed by atoms with Crippen molar-refractivity contribution in [1.29, 1.82) is 0 Å². The molecule has 2 atom stereocenters. The molecule has 1 aromatic rings. The molecule has 0 aromatic heterocycles. The number of aliphatic carboxylic acids is 1. The predicted molar refractivity (Wildman–Crippen MR) is 69.3 cm³/mol. The Bertz CT molecular complexity index is 414. The van der Waals surface area contributed by atoms with Crippen LogP contribution in [0.25, 0.3) is 0 Å². The molecular formula is C14H19NO3. The number of amides is 1. The molecule has 1 rings (SSSR count). The van der Waals surface area contributed by atoms with Crippen LogP contribution in [0.2, 0.25) is 0 Å². The van der Waals surface area contributed by atoms with Gasteiger partial charge in [-0.3, -0.25) is 4.79 Å². The van der Waals surface area contributed by atoms with Crippen molar-refractivity contribution in [3.63, 3.8) is 0 Å². The molecule has 0 aliphatic rings. The number of carbonyl (C=O) groups excluding carboxylic acids is 1. The summed E-state index contributed by atoms with van der Waals surface area (Å²) in [5.74, 6) is -1.76. The maximum absolute atomic E-state index is 12.0. The fourth-order valence-corrected chi connectivity index (χ4v) is 1.68. The van der Waals surface area contributed by atoms with E-state index in [1.165, 1.54) is 0 Å². The zero-order valence-electron chi connectivity index (χ0n) is 10.9. The maximum Gasteiger partial charge on any atom is 0.326 e. The van der Waals surface area contributed by atoms with E-state index in [-0.39, 0.29) is 17.7 Å². The van der Waals surface area contributed by atoms with Gasteiger partial charge in [-0.1, -0.05) is 44.2 Å². The lowest BCUT2D eigenvalue weighted by Gasteiger charge is -2.20. The molecule has 0 fully saturated rings. The molecule has 0 aliphatic carbocycles. The summed E-state index contributed by atoms with van der Waals surface area (Å²) in [6.07, 6.45) is 0. The van der Waals surface area contributed by atoms with Gasteiger partial charge >= 0.3 is 5.97 Å². The number of carboxylic acids is 1. The monoisotopic (exact) mass is 249 g/mol. The second kappa shape index (κ2) is 6.19. The molecule has 1 unspecified atom stereocenters. The Morgan fingerprint density at radius 3 is 2.11 bits per heavy atom. The number of nitrogens with one attached hydrogen (secondary N) is 1. The van der Waals surface area contributed by atoms with Crippen LogP contribution < -0.4 is 5.32 Å². The highest BCUT2D eigenvalue weighted by Crippen LogP contribution is 2.15. The number of rotatable bonds is 5. The summed E-state index contributed by atoms with van der Waals surface area (Å²) in [5.41, 5.74) is 0.878. The lowest BCUT2D eigenvalue weighted by atomic mass is 9.98. The van der Waals surface area contributed by atoms with Crippen LogP contribution in [0.3, 0.4) is 0 Å². The van der Waals surface area contributed by atoms with Gasteiger partial charge in [0.2, 0.25) is 5.91 Å². The number of carboxylic acid groups (broad SMARTS) is 1. The summed E-state index contributed by atoms with van der Waals surface area (Å²) in [6, 6.07) is 8.46. The number of carbonyl (C=O) groups is 2.